The van der Waals surface area contributed by atoms with Crippen LogP contribution in [0.4, 0.5) is 0 Å². The summed E-state index contributed by atoms with van der Waals surface area (Å²) < 4.78 is 0. The zero-order valence-electron chi connectivity index (χ0n) is 4.79. The lowest BCUT2D eigenvalue weighted by Crippen LogP contribution is -1.88. The van der Waals surface area contributed by atoms with Crippen molar-refractivity contribution in [3.8, 4) is 0 Å². The normalized spacial score (nSPS) is 9.44. The van der Waals surface area contributed by atoms with E-state index in [-0.39, 0.29) is 5.48 Å². The summed E-state index contributed by atoms with van der Waals surface area (Å²) in [4.78, 5) is 25.0. The highest BCUT2D eigenvalue weighted by Crippen LogP contribution is 1.84. The van der Waals surface area contributed by atoms with E-state index in [2.05, 4.69) is 9.98 Å². The van der Waals surface area contributed by atoms with Gasteiger partial charge in [-0.2, -0.15) is 9.98 Å². The molecule has 0 aromatic heterocycles. The molecule has 0 aliphatic carbocycles. The minimum absolute atomic E-state index is 0. The second-order valence-electron chi connectivity index (χ2n) is 1.07. The monoisotopic (exact) mass is 130 g/mol. The fourth-order valence-electron chi connectivity index (χ4n) is 0.181. The first-order valence-corrected chi connectivity index (χ1v) is 1.95. The smallest absolute Gasteiger partial charge is 0.237 e. The van der Waals surface area contributed by atoms with Crippen LogP contribution < -0.4 is 0 Å². The van der Waals surface area contributed by atoms with E-state index in [4.69, 9.17) is 0 Å². The molecule has 0 aliphatic rings. The minimum atomic E-state index is -0.634. The van der Waals surface area contributed by atoms with Crippen molar-refractivity contribution in [1.29, 1.82) is 0 Å². The zero-order chi connectivity index (χ0) is 6.41. The molecule has 0 saturated heterocycles. The second kappa shape index (κ2) is 6.72. The summed E-state index contributed by atoms with van der Waals surface area (Å²) in [5.41, 5.74) is 0. The van der Waals surface area contributed by atoms with Crippen molar-refractivity contribution < 1.29 is 15.1 Å². The predicted molar refractivity (Wildman–Crippen MR) is 29.3 cm³/mol. The van der Waals surface area contributed by atoms with Crippen molar-refractivity contribution in [3.05, 3.63) is 0 Å². The van der Waals surface area contributed by atoms with Gasteiger partial charge in [-0.3, -0.25) is 0 Å². The van der Waals surface area contributed by atoms with E-state index in [1.54, 1.807) is 0 Å². The maximum Gasteiger partial charge on any atom is 0.237 e. The van der Waals surface area contributed by atoms with Crippen molar-refractivity contribution in [2.45, 2.75) is 13.1 Å². The van der Waals surface area contributed by atoms with Crippen molar-refractivity contribution in [3.63, 3.8) is 0 Å². The van der Waals surface area contributed by atoms with Gasteiger partial charge in [-0.1, -0.05) is 0 Å². The molecule has 5 heteroatoms. The van der Waals surface area contributed by atoms with Gasteiger partial charge in [-0.15, -0.1) is 0 Å². The number of rotatable bonds is 2. The van der Waals surface area contributed by atoms with E-state index in [9.17, 15) is 9.59 Å². The second-order valence-corrected chi connectivity index (χ2v) is 1.07. The van der Waals surface area contributed by atoms with Crippen LogP contribution in [0, 0.1) is 0 Å². The highest BCUT2D eigenvalue weighted by atomic mass is 16.1. The average Bonchev–Trinajstić information content (AvgIpc) is 1.68. The summed E-state index contributed by atoms with van der Waals surface area (Å²) in [6.45, 7) is 1.48. The molecule has 0 radical (unpaired) electrons. The van der Waals surface area contributed by atoms with Gasteiger partial charge in [-0.25, -0.2) is 9.59 Å². The third-order valence-corrected chi connectivity index (χ3v) is 0.479. The predicted octanol–water partition coefficient (Wildman–Crippen LogP) is -0.821. The highest BCUT2D eigenvalue weighted by Gasteiger charge is 1.87. The number of nitrogens with zero attached hydrogens (tertiary/aromatic N) is 2. The van der Waals surface area contributed by atoms with Crippen LogP contribution in [-0.4, -0.2) is 23.8 Å². The number of carbonyl (C=O) groups excluding carboxylic acids is 2. The summed E-state index contributed by atoms with van der Waals surface area (Å²) in [5.74, 6) is 0. The summed E-state index contributed by atoms with van der Waals surface area (Å²) in [6, 6.07) is 0. The first-order valence-electron chi connectivity index (χ1n) is 1.95. The number of aliphatic imine (C=N–C) groups is 2. The molecule has 0 amide bonds. The number of hydrogen-bond donors (Lipinski definition) is 0. The summed E-state index contributed by atoms with van der Waals surface area (Å²) in [6.07, 6.45) is 1.88. The van der Waals surface area contributed by atoms with Crippen LogP contribution in [0.1, 0.15) is 6.92 Å². The maximum atomic E-state index is 9.41. The molecule has 0 aromatic carbocycles. The molecule has 0 aromatic rings. The molecule has 0 atom stereocenters. The lowest BCUT2D eigenvalue weighted by molar-refractivity contribution is 0.553. The maximum absolute atomic E-state index is 9.41. The molecule has 0 bridgehead atoms. The van der Waals surface area contributed by atoms with Gasteiger partial charge in [0.25, 0.3) is 0 Å². The van der Waals surface area contributed by atoms with E-state index < -0.39 is 6.17 Å². The van der Waals surface area contributed by atoms with Gasteiger partial charge in [0.05, 0.1) is 0 Å². The molecule has 9 heavy (non-hydrogen) atoms. The van der Waals surface area contributed by atoms with Gasteiger partial charge in [0, 0.05) is 0 Å². The molecule has 0 fully saturated rings. The largest absolute Gasteiger partial charge is 0.412 e. The van der Waals surface area contributed by atoms with Gasteiger partial charge in [-0.05, 0) is 6.92 Å². The van der Waals surface area contributed by atoms with E-state index in [0.717, 1.165) is 0 Å². The van der Waals surface area contributed by atoms with E-state index in [1.807, 2.05) is 0 Å². The molecular formula is C4H6N2O3. The van der Waals surface area contributed by atoms with Crippen LogP contribution in [0.25, 0.3) is 0 Å². The molecule has 0 saturated carbocycles. The van der Waals surface area contributed by atoms with Crippen molar-refractivity contribution in [2.75, 3.05) is 0 Å². The SMILES string of the molecule is CC(N=C=O)N=C=O.O. The standard InChI is InChI=1S/C4H4N2O2.H2O/c1-4(5-2-7)6-3-8;/h4H,1H3;1H2. The number of hydrogen-bond acceptors (Lipinski definition) is 4. The summed E-state index contributed by atoms with van der Waals surface area (Å²) in [5, 5.41) is 0. The van der Waals surface area contributed by atoms with Crippen molar-refractivity contribution in [2.24, 2.45) is 9.98 Å². The molecule has 5 nitrogen and oxygen atoms in total. The van der Waals surface area contributed by atoms with Crippen LogP contribution in [-0.2, 0) is 9.59 Å². The van der Waals surface area contributed by atoms with Gasteiger partial charge in [0.1, 0.15) is 0 Å². The van der Waals surface area contributed by atoms with Gasteiger partial charge in [0.2, 0.25) is 12.2 Å². The van der Waals surface area contributed by atoms with Crippen LogP contribution >= 0.6 is 0 Å². The molecular weight excluding hydrogens is 124 g/mol. The summed E-state index contributed by atoms with van der Waals surface area (Å²) >= 11 is 0. The minimum Gasteiger partial charge on any atom is -0.412 e. The Hall–Kier alpha value is -1.28. The van der Waals surface area contributed by atoms with Crippen molar-refractivity contribution >= 4 is 12.2 Å². The first-order chi connectivity index (χ1) is 3.81. The van der Waals surface area contributed by atoms with Gasteiger partial charge < -0.3 is 5.48 Å². The fraction of sp³-hybridized carbons (Fsp3) is 0.500. The molecule has 50 valence electrons. The Labute approximate surface area is 51.4 Å². The van der Waals surface area contributed by atoms with E-state index in [0.29, 0.717) is 0 Å². The van der Waals surface area contributed by atoms with Crippen LogP contribution in [0.2, 0.25) is 0 Å². The Morgan fingerprint density at radius 2 is 1.56 bits per heavy atom. The Balaban J connectivity index is 0. The first kappa shape index (κ1) is 10.7. The van der Waals surface area contributed by atoms with Gasteiger partial charge in [0.15, 0.2) is 6.17 Å². The molecule has 0 spiro atoms. The topological polar surface area (TPSA) is 90.4 Å². The van der Waals surface area contributed by atoms with E-state index in [1.165, 1.54) is 19.1 Å². The summed E-state index contributed by atoms with van der Waals surface area (Å²) in [7, 11) is 0. The Morgan fingerprint density at radius 3 is 1.78 bits per heavy atom. The Morgan fingerprint density at radius 1 is 1.22 bits per heavy atom. The van der Waals surface area contributed by atoms with Gasteiger partial charge >= 0.3 is 0 Å². The Kier molecular flexibility index (Phi) is 7.96. The van der Waals surface area contributed by atoms with Crippen LogP contribution in [0.5, 0.6) is 0 Å². The van der Waals surface area contributed by atoms with Crippen LogP contribution in [0.15, 0.2) is 9.98 Å². The lowest BCUT2D eigenvalue weighted by Gasteiger charge is -1.84. The third kappa shape index (κ3) is 6.72. The molecule has 0 rings (SSSR count). The quantitative estimate of drug-likeness (QED) is 0.361. The highest BCUT2D eigenvalue weighted by molar-refractivity contribution is 5.36. The van der Waals surface area contributed by atoms with E-state index >= 15 is 0 Å². The number of isocyanates is 2. The average molecular weight is 130 g/mol. The Bertz CT molecular complexity index is 137. The zero-order valence-corrected chi connectivity index (χ0v) is 4.79. The molecule has 2 N–H and O–H groups in total. The molecule has 0 unspecified atom stereocenters. The molecule has 0 aliphatic heterocycles. The van der Waals surface area contributed by atoms with Crippen molar-refractivity contribution in [1.82, 2.24) is 0 Å². The third-order valence-electron chi connectivity index (χ3n) is 0.479. The fourth-order valence-corrected chi connectivity index (χ4v) is 0.181. The lowest BCUT2D eigenvalue weighted by atomic mass is 10.6. The van der Waals surface area contributed by atoms with Crippen LogP contribution in [0.3, 0.4) is 0 Å². The molecule has 0 heterocycles.